The van der Waals surface area contributed by atoms with E-state index >= 15 is 0 Å². The monoisotopic (exact) mass is 296 g/mol. The van der Waals surface area contributed by atoms with Crippen molar-refractivity contribution in [1.29, 1.82) is 0 Å². The number of carbonyl (C=O) groups is 2. The first kappa shape index (κ1) is 16.1. The van der Waals surface area contributed by atoms with Crippen LogP contribution < -0.4 is 5.32 Å². The quantitative estimate of drug-likeness (QED) is 0.792. The van der Waals surface area contributed by atoms with Gasteiger partial charge in [0.2, 0.25) is 0 Å². The molecule has 2 saturated carbocycles. The number of rotatable bonds is 6. The summed E-state index contributed by atoms with van der Waals surface area (Å²) in [6, 6.07) is -0.120. The molecule has 1 atom stereocenters. The summed E-state index contributed by atoms with van der Waals surface area (Å²) >= 11 is 0. The smallest absolute Gasteiger partial charge is 0.317 e. The first-order chi connectivity index (χ1) is 9.94. The second-order valence-corrected chi connectivity index (χ2v) is 6.92. The molecular weight excluding hydrogens is 268 g/mol. The number of aliphatic carboxylic acids is 1. The Bertz CT molecular complexity index is 387. The molecule has 2 N–H and O–H groups in total. The Morgan fingerprint density at radius 2 is 1.90 bits per heavy atom. The maximum atomic E-state index is 12.4. The van der Waals surface area contributed by atoms with Gasteiger partial charge in [0.15, 0.2) is 0 Å². The highest BCUT2D eigenvalue weighted by Gasteiger charge is 2.40. The van der Waals surface area contributed by atoms with Gasteiger partial charge in [-0.25, -0.2) is 4.79 Å². The van der Waals surface area contributed by atoms with E-state index in [-0.39, 0.29) is 12.5 Å². The molecule has 2 rings (SSSR count). The topological polar surface area (TPSA) is 69.6 Å². The Morgan fingerprint density at radius 3 is 2.43 bits per heavy atom. The molecule has 1 unspecified atom stereocenters. The number of hydrogen-bond acceptors (Lipinski definition) is 2. The molecule has 2 aliphatic carbocycles. The number of urea groups is 1. The van der Waals surface area contributed by atoms with Gasteiger partial charge in [-0.15, -0.1) is 0 Å². The van der Waals surface area contributed by atoms with Crippen molar-refractivity contribution in [3.63, 3.8) is 0 Å². The summed E-state index contributed by atoms with van der Waals surface area (Å²) in [4.78, 5) is 25.3. The zero-order valence-corrected chi connectivity index (χ0v) is 13.2. The van der Waals surface area contributed by atoms with Gasteiger partial charge in [0.1, 0.15) is 0 Å². The standard InChI is InChI=1S/C16H28N2O3/c1-12(13-6-7-13)11-17-15(21)18(2)16(10-14(19)20)8-4-3-5-9-16/h12-13H,3-11H2,1-2H3,(H,17,21)(H,19,20). The Kier molecular flexibility index (Phi) is 5.12. The molecule has 0 aliphatic heterocycles. The van der Waals surface area contributed by atoms with E-state index in [1.165, 1.54) is 12.8 Å². The van der Waals surface area contributed by atoms with E-state index in [1.807, 2.05) is 0 Å². The molecule has 0 aromatic heterocycles. The van der Waals surface area contributed by atoms with E-state index in [1.54, 1.807) is 11.9 Å². The maximum absolute atomic E-state index is 12.4. The number of nitrogens with zero attached hydrogens (tertiary/aromatic N) is 1. The molecule has 120 valence electrons. The molecule has 0 radical (unpaired) electrons. The first-order valence-corrected chi connectivity index (χ1v) is 8.18. The summed E-state index contributed by atoms with van der Waals surface area (Å²) < 4.78 is 0. The Morgan fingerprint density at radius 1 is 1.29 bits per heavy atom. The number of carboxylic acids is 1. The summed E-state index contributed by atoms with van der Waals surface area (Å²) in [6.45, 7) is 2.86. The molecule has 0 spiro atoms. The molecule has 5 nitrogen and oxygen atoms in total. The van der Waals surface area contributed by atoms with Gasteiger partial charge in [-0.1, -0.05) is 26.2 Å². The highest BCUT2D eigenvalue weighted by atomic mass is 16.4. The van der Waals surface area contributed by atoms with E-state index in [4.69, 9.17) is 0 Å². The Hall–Kier alpha value is -1.26. The van der Waals surface area contributed by atoms with Crippen molar-refractivity contribution < 1.29 is 14.7 Å². The van der Waals surface area contributed by atoms with Gasteiger partial charge >= 0.3 is 12.0 Å². The molecular formula is C16H28N2O3. The van der Waals surface area contributed by atoms with E-state index in [0.717, 1.165) is 38.0 Å². The molecule has 2 amide bonds. The Balaban J connectivity index is 1.93. The van der Waals surface area contributed by atoms with E-state index < -0.39 is 11.5 Å². The molecule has 0 aromatic carbocycles. The van der Waals surface area contributed by atoms with Crippen molar-refractivity contribution in [3.05, 3.63) is 0 Å². The van der Waals surface area contributed by atoms with Crippen molar-refractivity contribution in [2.75, 3.05) is 13.6 Å². The second-order valence-electron chi connectivity index (χ2n) is 6.92. The highest BCUT2D eigenvalue weighted by Crippen LogP contribution is 2.37. The summed E-state index contributed by atoms with van der Waals surface area (Å²) in [7, 11) is 1.76. The third-order valence-corrected chi connectivity index (χ3v) is 5.28. The number of hydrogen-bond donors (Lipinski definition) is 2. The average molecular weight is 296 g/mol. The lowest BCUT2D eigenvalue weighted by atomic mass is 9.78. The summed E-state index contributed by atoms with van der Waals surface area (Å²) in [5.41, 5.74) is -0.503. The fourth-order valence-electron chi connectivity index (χ4n) is 3.54. The number of carbonyl (C=O) groups excluding carboxylic acids is 1. The van der Waals surface area contributed by atoms with Crippen molar-refractivity contribution in [2.45, 2.75) is 63.8 Å². The van der Waals surface area contributed by atoms with Crippen LogP contribution in [-0.4, -0.2) is 41.1 Å². The van der Waals surface area contributed by atoms with Gasteiger partial charge in [-0.3, -0.25) is 4.79 Å². The first-order valence-electron chi connectivity index (χ1n) is 8.18. The van der Waals surface area contributed by atoms with Crippen LogP contribution in [0.5, 0.6) is 0 Å². The summed E-state index contributed by atoms with van der Waals surface area (Å²) in [6.07, 6.45) is 7.33. The lowest BCUT2D eigenvalue weighted by Gasteiger charge is -2.43. The van der Waals surface area contributed by atoms with Gasteiger partial charge in [0, 0.05) is 13.6 Å². The van der Waals surface area contributed by atoms with Gasteiger partial charge in [0.05, 0.1) is 12.0 Å². The fraction of sp³-hybridized carbons (Fsp3) is 0.875. The second kappa shape index (κ2) is 6.67. The van der Waals surface area contributed by atoms with E-state index in [9.17, 15) is 14.7 Å². The zero-order valence-electron chi connectivity index (χ0n) is 13.2. The normalized spacial score (nSPS) is 22.4. The molecule has 0 bridgehead atoms. The van der Waals surface area contributed by atoms with Crippen LogP contribution in [0.2, 0.25) is 0 Å². The van der Waals surface area contributed by atoms with Crippen LogP contribution in [0.4, 0.5) is 4.79 Å². The van der Waals surface area contributed by atoms with Crippen molar-refractivity contribution >= 4 is 12.0 Å². The molecule has 2 aliphatic rings. The van der Waals surface area contributed by atoms with Crippen LogP contribution in [0.1, 0.15) is 58.3 Å². The summed E-state index contributed by atoms with van der Waals surface area (Å²) in [5.74, 6) is 0.463. The molecule has 0 saturated heterocycles. The zero-order chi connectivity index (χ0) is 15.5. The van der Waals surface area contributed by atoms with Crippen LogP contribution in [0, 0.1) is 11.8 Å². The van der Waals surface area contributed by atoms with Gasteiger partial charge in [-0.2, -0.15) is 0 Å². The predicted molar refractivity (Wildman–Crippen MR) is 81.1 cm³/mol. The fourth-order valence-corrected chi connectivity index (χ4v) is 3.54. The van der Waals surface area contributed by atoms with E-state index in [2.05, 4.69) is 12.2 Å². The Labute approximate surface area is 127 Å². The van der Waals surface area contributed by atoms with Crippen molar-refractivity contribution in [3.8, 4) is 0 Å². The molecule has 0 aromatic rings. The molecule has 2 fully saturated rings. The SMILES string of the molecule is CC(CNC(=O)N(C)C1(CC(=O)O)CCCCC1)C1CC1. The number of nitrogens with one attached hydrogen (secondary N) is 1. The van der Waals surface area contributed by atoms with E-state index in [0.29, 0.717) is 12.5 Å². The van der Waals surface area contributed by atoms with Crippen LogP contribution in [-0.2, 0) is 4.79 Å². The average Bonchev–Trinajstić information content (AvgIpc) is 3.28. The highest BCUT2D eigenvalue weighted by molar-refractivity contribution is 5.76. The minimum absolute atomic E-state index is 0.0507. The number of carboxylic acid groups (broad SMARTS) is 1. The number of amides is 2. The lowest BCUT2D eigenvalue weighted by Crippen LogP contribution is -2.55. The molecule has 5 heteroatoms. The van der Waals surface area contributed by atoms with Crippen LogP contribution in [0.3, 0.4) is 0 Å². The third-order valence-electron chi connectivity index (χ3n) is 5.28. The predicted octanol–water partition coefficient (Wildman–Crippen LogP) is 2.85. The summed E-state index contributed by atoms with van der Waals surface area (Å²) in [5, 5.41) is 12.2. The van der Waals surface area contributed by atoms with Crippen molar-refractivity contribution in [1.82, 2.24) is 10.2 Å². The van der Waals surface area contributed by atoms with Crippen LogP contribution in [0.25, 0.3) is 0 Å². The lowest BCUT2D eigenvalue weighted by molar-refractivity contribution is -0.140. The minimum Gasteiger partial charge on any atom is -0.481 e. The minimum atomic E-state index is -0.817. The third kappa shape index (κ3) is 4.11. The largest absolute Gasteiger partial charge is 0.481 e. The van der Waals surface area contributed by atoms with Gasteiger partial charge in [-0.05, 0) is 37.5 Å². The maximum Gasteiger partial charge on any atom is 0.317 e. The van der Waals surface area contributed by atoms with Gasteiger partial charge in [0.25, 0.3) is 0 Å². The van der Waals surface area contributed by atoms with Crippen LogP contribution in [0.15, 0.2) is 0 Å². The van der Waals surface area contributed by atoms with Crippen molar-refractivity contribution in [2.24, 2.45) is 11.8 Å². The van der Waals surface area contributed by atoms with Gasteiger partial charge < -0.3 is 15.3 Å². The van der Waals surface area contributed by atoms with Crippen LogP contribution >= 0.6 is 0 Å². The molecule has 0 heterocycles. The molecule has 21 heavy (non-hydrogen) atoms.